The van der Waals surface area contributed by atoms with E-state index in [1.165, 1.54) is 0 Å². The molecule has 4 rings (SSSR count). The third-order valence-electron chi connectivity index (χ3n) is 4.63. The number of rotatable bonds is 3. The molecule has 25 heavy (non-hydrogen) atoms. The van der Waals surface area contributed by atoms with E-state index in [-0.39, 0.29) is 11.8 Å². The van der Waals surface area contributed by atoms with Gasteiger partial charge in [-0.15, -0.1) is 11.3 Å². The predicted molar refractivity (Wildman–Crippen MR) is 102 cm³/mol. The van der Waals surface area contributed by atoms with E-state index >= 15 is 0 Å². The zero-order valence-corrected chi connectivity index (χ0v) is 15.1. The molecule has 0 saturated carbocycles. The fraction of sp³-hybridized carbons (Fsp3) is 0.278. The number of hydrogen-bond acceptors (Lipinski definition) is 5. The standard InChI is InChI=1S/C18H17ClN4OS/c19-13-5-3-11(4-6-13)14-9-25-18-15(14)17(21-10-22-18)23-7-1-2-12(8-23)16(20)24/h3-6,9-10,12H,1-2,7-8H2,(H2,20,24)/t12-/m0/s1. The first-order valence-electron chi connectivity index (χ1n) is 8.16. The average Bonchev–Trinajstić information content (AvgIpc) is 3.06. The fourth-order valence-corrected chi connectivity index (χ4v) is 4.38. The molecule has 2 aromatic heterocycles. The Bertz CT molecular complexity index is 924. The summed E-state index contributed by atoms with van der Waals surface area (Å²) < 4.78 is 0. The van der Waals surface area contributed by atoms with Gasteiger partial charge < -0.3 is 10.6 Å². The largest absolute Gasteiger partial charge is 0.369 e. The van der Waals surface area contributed by atoms with E-state index in [2.05, 4.69) is 20.2 Å². The third-order valence-corrected chi connectivity index (χ3v) is 5.77. The molecule has 0 bridgehead atoms. The van der Waals surface area contributed by atoms with E-state index in [0.29, 0.717) is 11.6 Å². The molecule has 1 saturated heterocycles. The highest BCUT2D eigenvalue weighted by atomic mass is 35.5. The molecule has 0 unspecified atom stereocenters. The minimum Gasteiger partial charge on any atom is -0.369 e. The molecule has 0 radical (unpaired) electrons. The van der Waals surface area contributed by atoms with Gasteiger partial charge in [-0.3, -0.25) is 4.79 Å². The second kappa shape index (κ2) is 6.61. The zero-order chi connectivity index (χ0) is 17.4. The molecular weight excluding hydrogens is 356 g/mol. The highest BCUT2D eigenvalue weighted by Gasteiger charge is 2.27. The minimum absolute atomic E-state index is 0.128. The Morgan fingerprint density at radius 1 is 1.28 bits per heavy atom. The molecule has 128 valence electrons. The lowest BCUT2D eigenvalue weighted by Gasteiger charge is -2.32. The van der Waals surface area contributed by atoms with Crippen molar-refractivity contribution in [3.63, 3.8) is 0 Å². The lowest BCUT2D eigenvalue weighted by Crippen LogP contribution is -2.41. The lowest BCUT2D eigenvalue weighted by molar-refractivity contribution is -0.122. The number of nitrogens with two attached hydrogens (primary N) is 1. The van der Waals surface area contributed by atoms with E-state index in [1.54, 1.807) is 17.7 Å². The van der Waals surface area contributed by atoms with Crippen molar-refractivity contribution in [3.8, 4) is 11.1 Å². The summed E-state index contributed by atoms with van der Waals surface area (Å²) in [7, 11) is 0. The monoisotopic (exact) mass is 372 g/mol. The van der Waals surface area contributed by atoms with Crippen LogP contribution < -0.4 is 10.6 Å². The third kappa shape index (κ3) is 3.07. The number of halogens is 1. The fourth-order valence-electron chi connectivity index (χ4n) is 3.34. The summed E-state index contributed by atoms with van der Waals surface area (Å²) in [6.45, 7) is 1.48. The topological polar surface area (TPSA) is 72.1 Å². The van der Waals surface area contributed by atoms with Gasteiger partial charge in [0.05, 0.1) is 11.3 Å². The number of thiophene rings is 1. The summed E-state index contributed by atoms with van der Waals surface area (Å²) in [4.78, 5) is 23.7. The quantitative estimate of drug-likeness (QED) is 0.760. The van der Waals surface area contributed by atoms with Crippen molar-refractivity contribution in [1.82, 2.24) is 9.97 Å². The number of carbonyl (C=O) groups is 1. The van der Waals surface area contributed by atoms with Gasteiger partial charge in [-0.05, 0) is 30.5 Å². The summed E-state index contributed by atoms with van der Waals surface area (Å²) in [5, 5.41) is 3.83. The van der Waals surface area contributed by atoms with Gasteiger partial charge >= 0.3 is 0 Å². The molecule has 1 aliphatic rings. The van der Waals surface area contributed by atoms with Gasteiger partial charge in [-0.2, -0.15) is 0 Å². The number of benzene rings is 1. The van der Waals surface area contributed by atoms with Gasteiger partial charge in [-0.1, -0.05) is 23.7 Å². The molecule has 1 aromatic carbocycles. The number of fused-ring (bicyclic) bond motifs is 1. The summed E-state index contributed by atoms with van der Waals surface area (Å²) in [6.07, 6.45) is 3.36. The summed E-state index contributed by atoms with van der Waals surface area (Å²) in [5.74, 6) is 0.511. The summed E-state index contributed by atoms with van der Waals surface area (Å²) in [5.41, 5.74) is 7.70. The van der Waals surface area contributed by atoms with Gasteiger partial charge in [0.2, 0.25) is 5.91 Å². The Kier molecular flexibility index (Phi) is 4.31. The second-order valence-corrected chi connectivity index (χ2v) is 7.52. The van der Waals surface area contributed by atoms with E-state index in [9.17, 15) is 4.79 Å². The second-order valence-electron chi connectivity index (χ2n) is 6.22. The number of nitrogens with zero attached hydrogens (tertiary/aromatic N) is 3. The van der Waals surface area contributed by atoms with E-state index in [1.807, 2.05) is 24.3 Å². The van der Waals surface area contributed by atoms with Crippen molar-refractivity contribution >= 4 is 44.9 Å². The maximum Gasteiger partial charge on any atom is 0.222 e. The van der Waals surface area contributed by atoms with Crippen LogP contribution in [0.3, 0.4) is 0 Å². The Morgan fingerprint density at radius 2 is 2.08 bits per heavy atom. The number of anilines is 1. The number of hydrogen-bond donors (Lipinski definition) is 1. The first kappa shape index (κ1) is 16.3. The normalized spacial score (nSPS) is 17.8. The molecular formula is C18H17ClN4OS. The van der Waals surface area contributed by atoms with Crippen LogP contribution in [0.1, 0.15) is 12.8 Å². The van der Waals surface area contributed by atoms with Gasteiger partial charge in [0.15, 0.2) is 0 Å². The number of aromatic nitrogens is 2. The van der Waals surface area contributed by atoms with Gasteiger partial charge in [-0.25, -0.2) is 9.97 Å². The molecule has 3 heterocycles. The van der Waals surface area contributed by atoms with Gasteiger partial charge in [0.25, 0.3) is 0 Å². The molecule has 1 aliphatic heterocycles. The van der Waals surface area contributed by atoms with Crippen molar-refractivity contribution in [1.29, 1.82) is 0 Å². The average molecular weight is 373 g/mol. The van der Waals surface area contributed by atoms with Crippen LogP contribution in [0.15, 0.2) is 36.0 Å². The maximum absolute atomic E-state index is 11.6. The first-order valence-corrected chi connectivity index (χ1v) is 9.41. The van der Waals surface area contributed by atoms with E-state index < -0.39 is 0 Å². The zero-order valence-electron chi connectivity index (χ0n) is 13.5. The Morgan fingerprint density at radius 3 is 2.84 bits per heavy atom. The maximum atomic E-state index is 11.6. The number of amides is 1. The van der Waals surface area contributed by atoms with E-state index in [0.717, 1.165) is 46.5 Å². The summed E-state index contributed by atoms with van der Waals surface area (Å²) >= 11 is 7.61. The Labute approximate surface area is 154 Å². The molecule has 3 aromatic rings. The van der Waals surface area contributed by atoms with Crippen molar-refractivity contribution in [2.75, 3.05) is 18.0 Å². The van der Waals surface area contributed by atoms with Crippen molar-refractivity contribution in [2.45, 2.75) is 12.8 Å². The van der Waals surface area contributed by atoms with Gasteiger partial charge in [0, 0.05) is 29.1 Å². The van der Waals surface area contributed by atoms with Crippen LogP contribution in [0.2, 0.25) is 5.02 Å². The number of carbonyl (C=O) groups excluding carboxylic acids is 1. The highest BCUT2D eigenvalue weighted by molar-refractivity contribution is 7.17. The number of primary amides is 1. The molecule has 0 aliphatic carbocycles. The Hall–Kier alpha value is -2.18. The van der Waals surface area contributed by atoms with Crippen molar-refractivity contribution in [2.24, 2.45) is 11.7 Å². The van der Waals surface area contributed by atoms with Crippen LogP contribution >= 0.6 is 22.9 Å². The summed E-state index contributed by atoms with van der Waals surface area (Å²) in [6, 6.07) is 7.77. The molecule has 1 amide bonds. The van der Waals surface area contributed by atoms with Crippen LogP contribution in [0.5, 0.6) is 0 Å². The van der Waals surface area contributed by atoms with E-state index in [4.69, 9.17) is 17.3 Å². The predicted octanol–water partition coefficient (Wildman–Crippen LogP) is 3.71. The van der Waals surface area contributed by atoms with Crippen molar-refractivity contribution in [3.05, 3.63) is 41.0 Å². The SMILES string of the molecule is NC(=O)[C@H]1CCCN(c2ncnc3scc(-c4ccc(Cl)cc4)c23)C1. The molecule has 5 nitrogen and oxygen atoms in total. The van der Waals surface area contributed by atoms with Crippen LogP contribution in [0.4, 0.5) is 5.82 Å². The molecule has 1 fully saturated rings. The molecule has 7 heteroatoms. The van der Waals surface area contributed by atoms with Crippen LogP contribution in [0, 0.1) is 5.92 Å². The lowest BCUT2D eigenvalue weighted by atomic mass is 9.97. The smallest absolute Gasteiger partial charge is 0.222 e. The first-order chi connectivity index (χ1) is 12.1. The van der Waals surface area contributed by atoms with Gasteiger partial charge in [0.1, 0.15) is 17.0 Å². The number of piperidine rings is 1. The minimum atomic E-state index is -0.238. The van der Waals surface area contributed by atoms with Crippen molar-refractivity contribution < 1.29 is 4.79 Å². The Balaban J connectivity index is 1.80. The molecule has 0 spiro atoms. The molecule has 2 N–H and O–H groups in total. The van der Waals surface area contributed by atoms with Crippen LogP contribution in [-0.4, -0.2) is 29.0 Å². The van der Waals surface area contributed by atoms with Crippen LogP contribution in [0.25, 0.3) is 21.3 Å². The highest BCUT2D eigenvalue weighted by Crippen LogP contribution is 2.39. The molecule has 1 atom stereocenters. The van der Waals surface area contributed by atoms with Crippen LogP contribution in [-0.2, 0) is 4.79 Å².